The molecule has 0 spiro atoms. The van der Waals surface area contributed by atoms with Gasteiger partial charge in [0.25, 0.3) is 0 Å². The molecular weight excluding hydrogens is 200 g/mol. The molecule has 3 heteroatoms. The lowest BCUT2D eigenvalue weighted by Gasteiger charge is -2.33. The Morgan fingerprint density at radius 3 is 2.81 bits per heavy atom. The molecule has 1 aromatic heterocycles. The van der Waals surface area contributed by atoms with Crippen LogP contribution in [0.3, 0.4) is 0 Å². The summed E-state index contributed by atoms with van der Waals surface area (Å²) in [5.41, 5.74) is 6.60. The molecule has 1 aromatic rings. The van der Waals surface area contributed by atoms with Crippen molar-refractivity contribution >= 4 is 0 Å². The van der Waals surface area contributed by atoms with Gasteiger partial charge in [-0.1, -0.05) is 0 Å². The second kappa shape index (κ2) is 3.28. The summed E-state index contributed by atoms with van der Waals surface area (Å²) in [5, 5.41) is 3.39. The molecular formula is C13H18N2O. The lowest BCUT2D eigenvalue weighted by molar-refractivity contribution is -0.0407. The average molecular weight is 218 g/mol. The van der Waals surface area contributed by atoms with E-state index >= 15 is 0 Å². The molecule has 1 N–H and O–H groups in total. The molecule has 0 atom stereocenters. The Hall–Kier alpha value is -0.930. The number of nitrogens with one attached hydrogen (secondary N) is 1. The second-order valence-corrected chi connectivity index (χ2v) is 5.41. The van der Waals surface area contributed by atoms with E-state index in [-0.39, 0.29) is 5.60 Å². The normalized spacial score (nSPS) is 21.7. The lowest BCUT2D eigenvalue weighted by atomic mass is 9.88. The summed E-state index contributed by atoms with van der Waals surface area (Å²) in [6.07, 6.45) is 1.01. The third-order valence-corrected chi connectivity index (χ3v) is 3.62. The van der Waals surface area contributed by atoms with Crippen molar-refractivity contribution in [3.8, 4) is 0 Å². The molecule has 0 aliphatic carbocycles. The van der Waals surface area contributed by atoms with Gasteiger partial charge in [-0.05, 0) is 31.9 Å². The minimum atomic E-state index is -0.0306. The highest BCUT2D eigenvalue weighted by Gasteiger charge is 2.31. The number of nitrogens with zero attached hydrogens (tertiary/aromatic N) is 1. The van der Waals surface area contributed by atoms with Gasteiger partial charge in [0.1, 0.15) is 0 Å². The van der Waals surface area contributed by atoms with Gasteiger partial charge in [-0.3, -0.25) is 4.98 Å². The average Bonchev–Trinajstić information content (AvgIpc) is 2.64. The van der Waals surface area contributed by atoms with Crippen LogP contribution in [0, 0.1) is 6.92 Å². The fourth-order valence-corrected chi connectivity index (χ4v) is 2.72. The van der Waals surface area contributed by atoms with E-state index in [2.05, 4.69) is 31.1 Å². The third kappa shape index (κ3) is 1.46. The molecule has 0 saturated carbocycles. The van der Waals surface area contributed by atoms with Crippen LogP contribution in [0.1, 0.15) is 41.9 Å². The van der Waals surface area contributed by atoms with Crippen molar-refractivity contribution in [2.45, 2.75) is 52.5 Å². The highest BCUT2D eigenvalue weighted by Crippen LogP contribution is 2.33. The van der Waals surface area contributed by atoms with Crippen LogP contribution in [0.5, 0.6) is 0 Å². The van der Waals surface area contributed by atoms with E-state index in [4.69, 9.17) is 4.74 Å². The number of pyridine rings is 1. The maximum Gasteiger partial charge on any atom is 0.0744 e. The number of rotatable bonds is 0. The molecule has 3 nitrogen and oxygen atoms in total. The van der Waals surface area contributed by atoms with Gasteiger partial charge in [0.05, 0.1) is 17.9 Å². The molecule has 0 radical (unpaired) electrons. The summed E-state index contributed by atoms with van der Waals surface area (Å²) in [5.74, 6) is 0. The van der Waals surface area contributed by atoms with Crippen LogP contribution in [0.15, 0.2) is 0 Å². The summed E-state index contributed by atoms with van der Waals surface area (Å²) in [6, 6.07) is 0. The lowest BCUT2D eigenvalue weighted by Crippen LogP contribution is -2.33. The van der Waals surface area contributed by atoms with E-state index in [1.807, 2.05) is 0 Å². The Kier molecular flexibility index (Phi) is 2.10. The fraction of sp³-hybridized carbons (Fsp3) is 0.615. The number of hydrogen-bond acceptors (Lipinski definition) is 3. The fourth-order valence-electron chi connectivity index (χ4n) is 2.72. The summed E-state index contributed by atoms with van der Waals surface area (Å²) in [4.78, 5) is 4.67. The standard InChI is InChI=1S/C13H18N2O/c1-8-11-7-16-13(2,3)4-9(11)10-5-14-6-12(10)15-8/h14H,4-7H2,1-3H3. The molecule has 0 bridgehead atoms. The molecule has 0 saturated heterocycles. The molecule has 0 amide bonds. The zero-order valence-electron chi connectivity index (χ0n) is 10.2. The first kappa shape index (κ1) is 10.2. The minimum absolute atomic E-state index is 0.0306. The molecule has 0 unspecified atom stereocenters. The second-order valence-electron chi connectivity index (χ2n) is 5.41. The molecule has 0 fully saturated rings. The summed E-state index contributed by atoms with van der Waals surface area (Å²) in [6.45, 7) is 9.04. The van der Waals surface area contributed by atoms with Gasteiger partial charge in [0, 0.05) is 30.8 Å². The van der Waals surface area contributed by atoms with Crippen molar-refractivity contribution in [3.63, 3.8) is 0 Å². The van der Waals surface area contributed by atoms with Gasteiger partial charge < -0.3 is 10.1 Å². The Morgan fingerprint density at radius 1 is 1.19 bits per heavy atom. The van der Waals surface area contributed by atoms with Crippen LogP contribution in [0.4, 0.5) is 0 Å². The van der Waals surface area contributed by atoms with E-state index in [1.54, 1.807) is 0 Å². The van der Waals surface area contributed by atoms with E-state index in [1.165, 1.54) is 22.4 Å². The van der Waals surface area contributed by atoms with Crippen molar-refractivity contribution in [1.82, 2.24) is 10.3 Å². The van der Waals surface area contributed by atoms with Gasteiger partial charge >= 0.3 is 0 Å². The van der Waals surface area contributed by atoms with Crippen molar-refractivity contribution in [2.75, 3.05) is 0 Å². The zero-order chi connectivity index (χ0) is 11.3. The highest BCUT2D eigenvalue weighted by atomic mass is 16.5. The number of hydrogen-bond donors (Lipinski definition) is 1. The number of aryl methyl sites for hydroxylation is 1. The van der Waals surface area contributed by atoms with E-state index < -0.39 is 0 Å². The Bertz CT molecular complexity index is 448. The highest BCUT2D eigenvalue weighted by molar-refractivity contribution is 5.43. The van der Waals surface area contributed by atoms with Crippen LogP contribution >= 0.6 is 0 Å². The quantitative estimate of drug-likeness (QED) is 0.721. The van der Waals surface area contributed by atoms with Crippen molar-refractivity contribution < 1.29 is 4.74 Å². The summed E-state index contributed by atoms with van der Waals surface area (Å²) >= 11 is 0. The molecule has 2 aliphatic rings. The van der Waals surface area contributed by atoms with Gasteiger partial charge in [0.15, 0.2) is 0 Å². The Morgan fingerprint density at radius 2 is 2.00 bits per heavy atom. The molecule has 86 valence electrons. The first-order valence-electron chi connectivity index (χ1n) is 5.91. The topological polar surface area (TPSA) is 34.1 Å². The first-order chi connectivity index (χ1) is 7.57. The molecule has 0 aromatic carbocycles. The maximum atomic E-state index is 5.87. The smallest absolute Gasteiger partial charge is 0.0744 e. The van der Waals surface area contributed by atoms with E-state index in [0.717, 1.165) is 25.2 Å². The number of ether oxygens (including phenoxy) is 1. The molecule has 3 rings (SSSR count). The Balaban J connectivity index is 2.17. The van der Waals surface area contributed by atoms with Crippen molar-refractivity contribution in [1.29, 1.82) is 0 Å². The molecule has 16 heavy (non-hydrogen) atoms. The van der Waals surface area contributed by atoms with Crippen LogP contribution in [-0.2, 0) is 30.9 Å². The van der Waals surface area contributed by atoms with Gasteiger partial charge in [-0.15, -0.1) is 0 Å². The van der Waals surface area contributed by atoms with Crippen molar-refractivity contribution in [2.24, 2.45) is 0 Å². The monoisotopic (exact) mass is 218 g/mol. The predicted molar refractivity (Wildman–Crippen MR) is 62.1 cm³/mol. The summed E-state index contributed by atoms with van der Waals surface area (Å²) in [7, 11) is 0. The number of aromatic nitrogens is 1. The van der Waals surface area contributed by atoms with Crippen LogP contribution in [-0.4, -0.2) is 10.6 Å². The van der Waals surface area contributed by atoms with Gasteiger partial charge in [0.2, 0.25) is 0 Å². The van der Waals surface area contributed by atoms with Crippen LogP contribution in [0.25, 0.3) is 0 Å². The number of fused-ring (bicyclic) bond motifs is 3. The minimum Gasteiger partial charge on any atom is -0.370 e. The summed E-state index contributed by atoms with van der Waals surface area (Å²) < 4.78 is 5.87. The van der Waals surface area contributed by atoms with Crippen LogP contribution in [0.2, 0.25) is 0 Å². The predicted octanol–water partition coefficient (Wildman–Crippen LogP) is 1.84. The largest absolute Gasteiger partial charge is 0.370 e. The SMILES string of the molecule is Cc1nc2c(c3c1COC(C)(C)C3)CNC2. The molecule has 2 aliphatic heterocycles. The van der Waals surface area contributed by atoms with Gasteiger partial charge in [-0.25, -0.2) is 0 Å². The Labute approximate surface area is 96.2 Å². The maximum absolute atomic E-state index is 5.87. The van der Waals surface area contributed by atoms with E-state index in [9.17, 15) is 0 Å². The van der Waals surface area contributed by atoms with E-state index in [0.29, 0.717) is 6.61 Å². The van der Waals surface area contributed by atoms with Crippen molar-refractivity contribution in [3.05, 3.63) is 28.1 Å². The third-order valence-electron chi connectivity index (χ3n) is 3.62. The molecule has 3 heterocycles. The zero-order valence-corrected chi connectivity index (χ0v) is 10.2. The first-order valence-corrected chi connectivity index (χ1v) is 5.91. The van der Waals surface area contributed by atoms with Gasteiger partial charge in [-0.2, -0.15) is 0 Å². The van der Waals surface area contributed by atoms with Crippen LogP contribution < -0.4 is 5.32 Å².